The minimum Gasteiger partial charge on any atom is -0.453 e. The minimum atomic E-state index is -4.74. The fraction of sp³-hybridized carbons (Fsp3) is 0.619. The van der Waals surface area contributed by atoms with E-state index in [2.05, 4.69) is 5.32 Å². The Balaban J connectivity index is 1.73. The Morgan fingerprint density at radius 1 is 1.26 bits per heavy atom. The summed E-state index contributed by atoms with van der Waals surface area (Å²) in [6.07, 6.45) is -3.72. The van der Waals surface area contributed by atoms with E-state index in [-0.39, 0.29) is 37.8 Å². The average molecular weight is 488 g/mol. The van der Waals surface area contributed by atoms with Gasteiger partial charge in [-0.1, -0.05) is 6.07 Å². The van der Waals surface area contributed by atoms with Gasteiger partial charge in [0.05, 0.1) is 43.3 Å². The lowest BCUT2D eigenvalue weighted by atomic mass is 10.0. The van der Waals surface area contributed by atoms with E-state index in [0.29, 0.717) is 12.7 Å². The topological polar surface area (TPSA) is 114 Å². The molecule has 2 fully saturated rings. The number of hydrogen-bond acceptors (Lipinski definition) is 7. The third kappa shape index (κ3) is 6.35. The summed E-state index contributed by atoms with van der Waals surface area (Å²) in [4.78, 5) is 38.4. The van der Waals surface area contributed by atoms with E-state index in [1.807, 2.05) is 0 Å². The molecule has 2 aliphatic heterocycles. The van der Waals surface area contributed by atoms with Crippen LogP contribution in [0.25, 0.3) is 0 Å². The normalized spacial score (nSPS) is 20.9. The molecule has 2 amide bonds. The van der Waals surface area contributed by atoms with Gasteiger partial charge >= 0.3 is 12.3 Å². The second kappa shape index (κ2) is 11.0. The number of carbonyl (C=O) groups is 2. The molecule has 3 rings (SSSR count). The molecule has 1 aromatic carbocycles. The molecule has 2 saturated heterocycles. The smallest absolute Gasteiger partial charge is 0.416 e. The number of rotatable bonds is 7. The summed E-state index contributed by atoms with van der Waals surface area (Å²) < 4.78 is 49.5. The van der Waals surface area contributed by atoms with E-state index in [1.165, 1.54) is 16.9 Å². The number of nitrogens with zero attached hydrogens (tertiary/aromatic N) is 3. The van der Waals surface area contributed by atoms with Crippen molar-refractivity contribution < 1.29 is 37.2 Å². The fourth-order valence-electron chi connectivity index (χ4n) is 4.19. The van der Waals surface area contributed by atoms with Crippen molar-refractivity contribution in [2.24, 2.45) is 0 Å². The summed E-state index contributed by atoms with van der Waals surface area (Å²) in [6.45, 7) is 1.94. The Labute approximate surface area is 194 Å². The zero-order valence-electron chi connectivity index (χ0n) is 18.7. The van der Waals surface area contributed by atoms with Crippen LogP contribution in [0.1, 0.15) is 24.0 Å². The molecule has 2 aliphatic rings. The van der Waals surface area contributed by atoms with E-state index in [0.717, 1.165) is 31.5 Å². The maximum atomic E-state index is 13.1. The zero-order chi connectivity index (χ0) is 24.9. The van der Waals surface area contributed by atoms with Gasteiger partial charge in [-0.15, -0.1) is 0 Å². The predicted molar refractivity (Wildman–Crippen MR) is 113 cm³/mol. The number of halogens is 3. The van der Waals surface area contributed by atoms with Crippen LogP contribution in [0.5, 0.6) is 0 Å². The van der Waals surface area contributed by atoms with Crippen LogP contribution in [0.3, 0.4) is 0 Å². The van der Waals surface area contributed by atoms with Gasteiger partial charge in [0.2, 0.25) is 5.91 Å². The van der Waals surface area contributed by atoms with Crippen LogP contribution in [-0.2, 0) is 26.9 Å². The van der Waals surface area contributed by atoms with Gasteiger partial charge in [0, 0.05) is 37.3 Å². The summed E-state index contributed by atoms with van der Waals surface area (Å²) in [5.41, 5.74) is -2.04. The third-order valence-electron chi connectivity index (χ3n) is 5.98. The minimum absolute atomic E-state index is 0.117. The number of amides is 2. The Bertz CT molecular complexity index is 907. The lowest BCUT2D eigenvalue weighted by Gasteiger charge is -2.40. The highest BCUT2D eigenvalue weighted by Crippen LogP contribution is 2.33. The number of methoxy groups -OCH3 is 1. The number of piperazine rings is 1. The van der Waals surface area contributed by atoms with E-state index >= 15 is 0 Å². The Morgan fingerprint density at radius 3 is 2.65 bits per heavy atom. The fourth-order valence-corrected chi connectivity index (χ4v) is 4.19. The maximum Gasteiger partial charge on any atom is 0.416 e. The Kier molecular flexibility index (Phi) is 8.31. The number of nitro benzene ring substituents is 1. The van der Waals surface area contributed by atoms with Gasteiger partial charge in [-0.2, -0.15) is 13.2 Å². The van der Waals surface area contributed by atoms with Crippen molar-refractivity contribution >= 4 is 17.7 Å². The molecule has 0 aromatic heterocycles. The summed E-state index contributed by atoms with van der Waals surface area (Å²) in [7, 11) is 1.25. The van der Waals surface area contributed by atoms with Crippen LogP contribution in [0.15, 0.2) is 18.2 Å². The number of nitro groups is 1. The van der Waals surface area contributed by atoms with Crippen molar-refractivity contribution in [2.45, 2.75) is 37.5 Å². The molecule has 10 nitrogen and oxygen atoms in total. The maximum absolute atomic E-state index is 13.1. The van der Waals surface area contributed by atoms with Gasteiger partial charge < -0.3 is 24.6 Å². The van der Waals surface area contributed by atoms with E-state index in [4.69, 9.17) is 9.47 Å². The van der Waals surface area contributed by atoms with Gasteiger partial charge in [0.25, 0.3) is 5.69 Å². The molecule has 2 heterocycles. The standard InChI is InChI=1S/C21H27F3N4O6/c1-33-20(30)26-7-8-27(17(11-26)13-34-12-16-3-2-6-25-16)19(29)9-14-4-5-15(21(22,23)24)10-18(14)28(31)32/h4-5,10,16-17,25H,2-3,6-9,11-13H2,1H3. The largest absolute Gasteiger partial charge is 0.453 e. The van der Waals surface area contributed by atoms with Crippen LogP contribution in [0.2, 0.25) is 0 Å². The molecule has 2 atom stereocenters. The highest BCUT2D eigenvalue weighted by atomic mass is 19.4. The molecular weight excluding hydrogens is 461 g/mol. The number of alkyl halides is 3. The molecule has 13 heteroatoms. The van der Waals surface area contributed by atoms with Gasteiger partial charge in [0.1, 0.15) is 0 Å². The van der Waals surface area contributed by atoms with Crippen LogP contribution in [0.4, 0.5) is 23.7 Å². The summed E-state index contributed by atoms with van der Waals surface area (Å²) in [5, 5.41) is 14.7. The highest BCUT2D eigenvalue weighted by Gasteiger charge is 2.36. The molecule has 1 aromatic rings. The molecule has 0 radical (unpaired) electrons. The van der Waals surface area contributed by atoms with Crippen LogP contribution < -0.4 is 5.32 Å². The molecular formula is C21H27F3N4O6. The lowest BCUT2D eigenvalue weighted by Crippen LogP contribution is -2.58. The molecule has 0 spiro atoms. The first-order valence-electron chi connectivity index (χ1n) is 10.9. The summed E-state index contributed by atoms with van der Waals surface area (Å²) in [5.74, 6) is -0.500. The second-order valence-electron chi connectivity index (χ2n) is 8.26. The summed E-state index contributed by atoms with van der Waals surface area (Å²) >= 11 is 0. The average Bonchev–Trinajstić information content (AvgIpc) is 3.31. The van der Waals surface area contributed by atoms with Crippen LogP contribution in [-0.4, -0.2) is 85.3 Å². The zero-order valence-corrected chi connectivity index (χ0v) is 18.7. The molecule has 34 heavy (non-hydrogen) atoms. The monoisotopic (exact) mass is 488 g/mol. The predicted octanol–water partition coefficient (Wildman–Crippen LogP) is 2.20. The molecule has 2 unspecified atom stereocenters. The van der Waals surface area contributed by atoms with Crippen molar-refractivity contribution in [3.05, 3.63) is 39.4 Å². The quantitative estimate of drug-likeness (QED) is 0.462. The van der Waals surface area contributed by atoms with Crippen LogP contribution in [0, 0.1) is 10.1 Å². The number of nitrogens with one attached hydrogen (secondary N) is 1. The molecule has 0 bridgehead atoms. The number of ether oxygens (including phenoxy) is 2. The SMILES string of the molecule is COC(=O)N1CCN(C(=O)Cc2ccc(C(F)(F)F)cc2[N+](=O)[O-])C(COCC2CCCN2)C1. The molecule has 0 aliphatic carbocycles. The first-order valence-corrected chi connectivity index (χ1v) is 10.9. The highest BCUT2D eigenvalue weighted by molar-refractivity contribution is 5.81. The second-order valence-corrected chi connectivity index (χ2v) is 8.26. The van der Waals surface area contributed by atoms with Gasteiger partial charge in [0.15, 0.2) is 0 Å². The first-order chi connectivity index (χ1) is 16.1. The van der Waals surface area contributed by atoms with Gasteiger partial charge in [-0.25, -0.2) is 4.79 Å². The van der Waals surface area contributed by atoms with Crippen molar-refractivity contribution in [1.29, 1.82) is 0 Å². The van der Waals surface area contributed by atoms with Gasteiger partial charge in [-0.3, -0.25) is 14.9 Å². The van der Waals surface area contributed by atoms with E-state index in [1.54, 1.807) is 0 Å². The Morgan fingerprint density at radius 2 is 2.03 bits per heavy atom. The lowest BCUT2D eigenvalue weighted by molar-refractivity contribution is -0.385. The Hall–Kier alpha value is -2.93. The molecule has 1 N–H and O–H groups in total. The third-order valence-corrected chi connectivity index (χ3v) is 5.98. The van der Waals surface area contributed by atoms with Crippen molar-refractivity contribution in [3.63, 3.8) is 0 Å². The number of benzene rings is 1. The number of carbonyl (C=O) groups excluding carboxylic acids is 2. The van der Waals surface area contributed by atoms with Crippen molar-refractivity contribution in [3.8, 4) is 0 Å². The molecule has 188 valence electrons. The van der Waals surface area contributed by atoms with E-state index < -0.39 is 46.8 Å². The van der Waals surface area contributed by atoms with Crippen LogP contribution >= 0.6 is 0 Å². The summed E-state index contributed by atoms with van der Waals surface area (Å²) in [6, 6.07) is 1.79. The first kappa shape index (κ1) is 25.7. The van der Waals surface area contributed by atoms with Crippen molar-refractivity contribution in [1.82, 2.24) is 15.1 Å². The van der Waals surface area contributed by atoms with Gasteiger partial charge in [-0.05, 0) is 25.5 Å². The van der Waals surface area contributed by atoms with Crippen molar-refractivity contribution in [2.75, 3.05) is 46.5 Å². The van der Waals surface area contributed by atoms with E-state index in [9.17, 15) is 32.9 Å². The number of hydrogen-bond donors (Lipinski definition) is 1. The molecule has 0 saturated carbocycles.